The van der Waals surface area contributed by atoms with Crippen molar-refractivity contribution in [1.82, 2.24) is 46.9 Å². The molecule has 19 heteroatoms. The van der Waals surface area contributed by atoms with Gasteiger partial charge in [-0.05, 0) is 68.5 Å². The summed E-state index contributed by atoms with van der Waals surface area (Å²) in [5.41, 5.74) is 13.6. The third kappa shape index (κ3) is 15.3. The van der Waals surface area contributed by atoms with Crippen LogP contribution in [0.25, 0.3) is 10.9 Å². The van der Waals surface area contributed by atoms with E-state index in [2.05, 4.69) is 46.9 Å². The fourth-order valence-corrected chi connectivity index (χ4v) is 6.69. The van der Waals surface area contributed by atoms with Crippen LogP contribution in [0.1, 0.15) is 85.4 Å². The molecule has 1 aromatic carbocycles. The Morgan fingerprint density at radius 2 is 1.21 bits per heavy atom. The molecule has 61 heavy (non-hydrogen) atoms. The lowest BCUT2D eigenvalue weighted by molar-refractivity contribution is -0.143. The topological polar surface area (TPSA) is 308 Å². The Hall–Kier alpha value is -5.82. The number of carbonyl (C=O) groups is 7. The summed E-state index contributed by atoms with van der Waals surface area (Å²) in [5, 5.41) is 26.8. The summed E-state index contributed by atoms with van der Waals surface area (Å²) < 4.78 is 0. The van der Waals surface area contributed by atoms with Crippen LogP contribution in [0.5, 0.6) is 0 Å². The number of rotatable bonds is 25. The number of nitrogens with one attached hydrogen (secondary N) is 8. The molecule has 0 aliphatic heterocycles. The Morgan fingerprint density at radius 3 is 1.79 bits per heavy atom. The number of amides is 6. The maximum Gasteiger partial charge on any atom is 0.326 e. The Morgan fingerprint density at radius 1 is 0.672 bits per heavy atom. The molecule has 2 heterocycles. The van der Waals surface area contributed by atoms with E-state index in [0.29, 0.717) is 25.1 Å². The largest absolute Gasteiger partial charge is 0.480 e. The highest BCUT2D eigenvalue weighted by molar-refractivity contribution is 5.97. The zero-order chi connectivity index (χ0) is 45.4. The number of carboxylic acid groups (broad SMARTS) is 1. The molecule has 6 amide bonds. The minimum Gasteiger partial charge on any atom is -0.480 e. The summed E-state index contributed by atoms with van der Waals surface area (Å²) in [6.45, 7) is 12.3. The van der Waals surface area contributed by atoms with Gasteiger partial charge in [-0.25, -0.2) is 9.78 Å². The quantitative estimate of drug-likeness (QED) is 0.0522. The molecule has 0 saturated carbocycles. The van der Waals surface area contributed by atoms with Crippen LogP contribution in [0.3, 0.4) is 0 Å². The first-order valence-corrected chi connectivity index (χ1v) is 20.9. The van der Waals surface area contributed by atoms with Crippen LogP contribution in [-0.2, 0) is 46.4 Å². The second-order valence-corrected chi connectivity index (χ2v) is 16.6. The van der Waals surface area contributed by atoms with Crippen molar-refractivity contribution in [1.29, 1.82) is 0 Å². The first kappa shape index (κ1) is 49.5. The summed E-state index contributed by atoms with van der Waals surface area (Å²) in [4.78, 5) is 104. The molecule has 7 atom stereocenters. The second-order valence-electron chi connectivity index (χ2n) is 16.6. The van der Waals surface area contributed by atoms with Crippen molar-refractivity contribution >= 4 is 52.3 Å². The highest BCUT2D eigenvalue weighted by Crippen LogP contribution is 2.20. The van der Waals surface area contributed by atoms with Crippen molar-refractivity contribution in [2.75, 3.05) is 6.54 Å². The van der Waals surface area contributed by atoms with E-state index in [1.165, 1.54) is 19.4 Å². The van der Waals surface area contributed by atoms with Crippen LogP contribution in [0, 0.1) is 17.8 Å². The van der Waals surface area contributed by atoms with Gasteiger partial charge in [0, 0.05) is 41.8 Å². The highest BCUT2D eigenvalue weighted by Gasteiger charge is 2.36. The molecule has 0 saturated heterocycles. The number of carbonyl (C=O) groups excluding carboxylic acids is 6. The van der Waals surface area contributed by atoms with Gasteiger partial charge in [-0.15, -0.1) is 0 Å². The standard InChI is InChI=1S/C42H65N11O8/c1-22(2)16-33(42(60)61)51-37(55)30(14-10-11-15-43)48-40(58)34(23(3)4)53-41(59)35(24(5)6)52-39(57)32(18-27-20-45-21-47-27)50-38(56)31(49-36(54)25(7)44)17-26-19-46-29-13-9-8-12-28(26)29/h8-9,12-13,19-25,30-35,46H,10-11,14-18,43-44H2,1-7H3,(H,45,47)(H,48,58)(H,49,54)(H,50,56)(H,51,55)(H,52,57)(H,53,59)(H,60,61)/t25-,30-,31-,32-,33-,34-,35-/m1/s1. The number of benzene rings is 1. The van der Waals surface area contributed by atoms with Gasteiger partial charge in [0.25, 0.3) is 0 Å². The van der Waals surface area contributed by atoms with E-state index in [1.54, 1.807) is 33.9 Å². The molecule has 0 aliphatic rings. The number of para-hydroxylation sites is 1. The summed E-state index contributed by atoms with van der Waals surface area (Å²) >= 11 is 0. The third-order valence-corrected chi connectivity index (χ3v) is 10.2. The van der Waals surface area contributed by atoms with E-state index in [-0.39, 0.29) is 31.6 Å². The van der Waals surface area contributed by atoms with Crippen LogP contribution < -0.4 is 43.4 Å². The average Bonchev–Trinajstić information content (AvgIpc) is 3.87. The molecule has 19 nitrogen and oxygen atoms in total. The SMILES string of the molecule is CC(C)C[C@@H](NC(=O)[C@@H](CCCCN)NC(=O)[C@H](NC(=O)[C@H](NC(=O)[C@@H](Cc1cnc[nH]1)NC(=O)[C@@H](Cc1c[nH]c2ccccc12)NC(=O)[C@@H](C)N)C(C)C)C(C)C)C(=O)O. The number of hydrogen-bond donors (Lipinski definition) is 11. The monoisotopic (exact) mass is 852 g/mol. The minimum absolute atomic E-state index is 0.0283. The van der Waals surface area contributed by atoms with Gasteiger partial charge in [-0.3, -0.25) is 28.8 Å². The molecule has 0 aliphatic carbocycles. The van der Waals surface area contributed by atoms with Gasteiger partial charge in [0.15, 0.2) is 0 Å². The first-order valence-electron chi connectivity index (χ1n) is 20.9. The number of carboxylic acids is 1. The maximum absolute atomic E-state index is 14.1. The molecule has 336 valence electrons. The lowest BCUT2D eigenvalue weighted by Crippen LogP contribution is -2.61. The van der Waals surface area contributed by atoms with Crippen LogP contribution in [-0.4, -0.2) is 110 Å². The predicted molar refractivity (Wildman–Crippen MR) is 229 cm³/mol. The minimum atomic E-state index is -1.26. The molecule has 3 rings (SSSR count). The number of aromatic nitrogens is 3. The van der Waals surface area contributed by atoms with Gasteiger partial charge in [0.2, 0.25) is 35.4 Å². The first-order chi connectivity index (χ1) is 28.8. The molecule has 0 bridgehead atoms. The van der Waals surface area contributed by atoms with Crippen LogP contribution in [0.4, 0.5) is 0 Å². The van der Waals surface area contributed by atoms with Crippen molar-refractivity contribution in [2.24, 2.45) is 29.2 Å². The summed E-state index contributed by atoms with van der Waals surface area (Å²) in [7, 11) is 0. The molecular formula is C42H65N11O8. The molecule has 0 fully saturated rings. The van der Waals surface area contributed by atoms with E-state index in [4.69, 9.17) is 11.5 Å². The Kier molecular flexibility index (Phi) is 19.4. The third-order valence-electron chi connectivity index (χ3n) is 10.2. The van der Waals surface area contributed by atoms with Gasteiger partial charge < -0.3 is 58.4 Å². The lowest BCUT2D eigenvalue weighted by atomic mass is 9.98. The number of unbranched alkanes of at least 4 members (excludes halogenated alkanes) is 1. The van der Waals surface area contributed by atoms with Crippen LogP contribution >= 0.6 is 0 Å². The summed E-state index contributed by atoms with van der Waals surface area (Å²) in [6, 6.07) is -0.501. The fraction of sp³-hybridized carbons (Fsp3) is 0.571. The number of aliphatic carboxylic acids is 1. The Bertz CT molecular complexity index is 1930. The molecule has 13 N–H and O–H groups in total. The Balaban J connectivity index is 1.84. The number of nitrogens with two attached hydrogens (primary N) is 2. The van der Waals surface area contributed by atoms with Crippen molar-refractivity contribution in [2.45, 2.75) is 129 Å². The van der Waals surface area contributed by atoms with Gasteiger partial charge in [0.1, 0.15) is 36.3 Å². The van der Waals surface area contributed by atoms with E-state index in [9.17, 15) is 38.7 Å². The number of H-pyrrole nitrogens is 2. The Labute approximate surface area is 356 Å². The zero-order valence-electron chi connectivity index (χ0n) is 36.2. The maximum atomic E-state index is 14.1. The number of hydrogen-bond acceptors (Lipinski definition) is 10. The predicted octanol–water partition coefficient (Wildman–Crippen LogP) is 0.504. The van der Waals surface area contributed by atoms with E-state index in [0.717, 1.165) is 16.5 Å². The van der Waals surface area contributed by atoms with Crippen molar-refractivity contribution < 1.29 is 38.7 Å². The number of imidazole rings is 1. The summed E-state index contributed by atoms with van der Waals surface area (Å²) in [6.07, 6.45) is 6.03. The second kappa shape index (κ2) is 23.8. The molecule has 0 radical (unpaired) electrons. The zero-order valence-corrected chi connectivity index (χ0v) is 36.2. The molecular weight excluding hydrogens is 787 g/mol. The highest BCUT2D eigenvalue weighted by atomic mass is 16.4. The molecule has 0 spiro atoms. The lowest BCUT2D eigenvalue weighted by Gasteiger charge is -2.30. The number of aromatic amines is 2. The van der Waals surface area contributed by atoms with E-state index in [1.807, 2.05) is 38.1 Å². The van der Waals surface area contributed by atoms with Crippen LogP contribution in [0.2, 0.25) is 0 Å². The van der Waals surface area contributed by atoms with Crippen LogP contribution in [0.15, 0.2) is 43.0 Å². The van der Waals surface area contributed by atoms with Gasteiger partial charge in [-0.1, -0.05) is 59.7 Å². The normalized spacial score (nSPS) is 15.0. The number of fused-ring (bicyclic) bond motifs is 1. The van der Waals surface area contributed by atoms with Gasteiger partial charge in [0.05, 0.1) is 12.4 Å². The average molecular weight is 852 g/mol. The van der Waals surface area contributed by atoms with Crippen molar-refractivity contribution in [3.05, 3.63) is 54.2 Å². The van der Waals surface area contributed by atoms with Gasteiger partial charge >= 0.3 is 5.97 Å². The fourth-order valence-electron chi connectivity index (χ4n) is 6.69. The smallest absolute Gasteiger partial charge is 0.326 e. The van der Waals surface area contributed by atoms with E-state index < -0.39 is 95.5 Å². The van der Waals surface area contributed by atoms with Crippen molar-refractivity contribution in [3.8, 4) is 0 Å². The van der Waals surface area contributed by atoms with Gasteiger partial charge in [-0.2, -0.15) is 0 Å². The number of nitrogens with zero attached hydrogens (tertiary/aromatic N) is 1. The summed E-state index contributed by atoms with van der Waals surface area (Å²) in [5.74, 6) is -6.25. The molecule has 2 aromatic heterocycles. The molecule has 0 unspecified atom stereocenters. The van der Waals surface area contributed by atoms with Crippen molar-refractivity contribution in [3.63, 3.8) is 0 Å². The van der Waals surface area contributed by atoms with E-state index >= 15 is 0 Å². The molecule has 3 aromatic rings.